The van der Waals surface area contributed by atoms with Crippen LogP contribution in [0.3, 0.4) is 0 Å². The summed E-state index contributed by atoms with van der Waals surface area (Å²) in [4.78, 5) is 50.7. The first-order valence-corrected chi connectivity index (χ1v) is 8.13. The third kappa shape index (κ3) is 3.15. The van der Waals surface area contributed by atoms with Gasteiger partial charge < -0.3 is 15.0 Å². The van der Waals surface area contributed by atoms with Crippen LogP contribution < -0.4 is 5.56 Å². The first kappa shape index (κ1) is 17.6. The molecule has 2 heterocycles. The number of carbonyl (C=O) groups excluding carboxylic acids is 1. The van der Waals surface area contributed by atoms with E-state index in [0.29, 0.717) is 18.4 Å². The molecule has 1 fully saturated rings. The van der Waals surface area contributed by atoms with Crippen molar-refractivity contribution in [3.63, 3.8) is 0 Å². The third-order valence-corrected chi connectivity index (χ3v) is 4.76. The molecule has 9 heteroatoms. The van der Waals surface area contributed by atoms with Gasteiger partial charge in [-0.3, -0.25) is 24.5 Å². The Labute approximate surface area is 147 Å². The lowest BCUT2D eigenvalue weighted by Crippen LogP contribution is -2.47. The quantitative estimate of drug-likeness (QED) is 0.633. The Morgan fingerprint density at radius 1 is 1.31 bits per heavy atom. The van der Waals surface area contributed by atoms with Crippen molar-refractivity contribution in [3.8, 4) is 0 Å². The first-order chi connectivity index (χ1) is 12.3. The summed E-state index contributed by atoms with van der Waals surface area (Å²) >= 11 is 0. The van der Waals surface area contributed by atoms with E-state index in [4.69, 9.17) is 0 Å². The number of hydrogen-bond acceptors (Lipinski definition) is 5. The number of non-ortho nitro benzene ring substituents is 1. The average molecular weight is 359 g/mol. The lowest BCUT2D eigenvalue weighted by atomic mass is 9.92. The fourth-order valence-corrected chi connectivity index (χ4v) is 3.28. The molecule has 1 aromatic carbocycles. The first-order valence-electron chi connectivity index (χ1n) is 8.13. The number of nitrogens with one attached hydrogen (secondary N) is 1. The molecule has 1 aromatic heterocycles. The highest BCUT2D eigenvalue weighted by molar-refractivity contribution is 6.06. The standard InChI is InChI=1S/C17H17N3O6/c1-9-2-3-10(17(23)24)8-19(9)16(22)13-7-15(21)18-14-5-4-11(20(25)26)6-12(13)14/h4-7,9-10H,2-3,8H2,1H3,(H,18,21)(H,23,24). The van der Waals surface area contributed by atoms with E-state index in [-0.39, 0.29) is 29.2 Å². The number of H-pyrrole nitrogens is 1. The summed E-state index contributed by atoms with van der Waals surface area (Å²) in [5, 5.41) is 20.5. The number of hydrogen-bond donors (Lipinski definition) is 2. The summed E-state index contributed by atoms with van der Waals surface area (Å²) in [5.41, 5.74) is -0.362. The zero-order valence-corrected chi connectivity index (χ0v) is 14.0. The summed E-state index contributed by atoms with van der Waals surface area (Å²) in [5.74, 6) is -2.14. The molecule has 2 aromatic rings. The molecule has 3 rings (SSSR count). The topological polar surface area (TPSA) is 134 Å². The van der Waals surface area contributed by atoms with Crippen LogP contribution in [-0.2, 0) is 4.79 Å². The fraction of sp³-hybridized carbons (Fsp3) is 0.353. The number of nitro groups is 1. The number of piperidine rings is 1. The minimum Gasteiger partial charge on any atom is -0.481 e. The molecular formula is C17H17N3O6. The zero-order valence-electron chi connectivity index (χ0n) is 14.0. The van der Waals surface area contributed by atoms with Gasteiger partial charge in [-0.1, -0.05) is 0 Å². The second-order valence-electron chi connectivity index (χ2n) is 6.45. The van der Waals surface area contributed by atoms with Gasteiger partial charge in [0.05, 0.1) is 16.4 Å². The van der Waals surface area contributed by atoms with E-state index in [1.807, 2.05) is 6.92 Å². The minimum absolute atomic E-state index is 0.0327. The molecule has 26 heavy (non-hydrogen) atoms. The Morgan fingerprint density at radius 2 is 2.04 bits per heavy atom. The number of likely N-dealkylation sites (tertiary alicyclic amines) is 1. The van der Waals surface area contributed by atoms with Crippen LogP contribution in [0.4, 0.5) is 5.69 Å². The maximum Gasteiger partial charge on any atom is 0.308 e. The molecule has 2 N–H and O–H groups in total. The predicted octanol–water partition coefficient (Wildman–Crippen LogP) is 1.76. The van der Waals surface area contributed by atoms with Gasteiger partial charge in [0.2, 0.25) is 5.56 Å². The lowest BCUT2D eigenvalue weighted by Gasteiger charge is -2.36. The van der Waals surface area contributed by atoms with E-state index < -0.39 is 28.3 Å². The van der Waals surface area contributed by atoms with Crippen molar-refractivity contribution in [2.45, 2.75) is 25.8 Å². The molecule has 0 saturated carbocycles. The number of carboxylic acid groups (broad SMARTS) is 1. The second-order valence-corrected chi connectivity index (χ2v) is 6.45. The maximum atomic E-state index is 13.0. The van der Waals surface area contributed by atoms with Crippen molar-refractivity contribution >= 4 is 28.5 Å². The Kier molecular flexibility index (Phi) is 4.45. The van der Waals surface area contributed by atoms with E-state index in [1.54, 1.807) is 0 Å². The van der Waals surface area contributed by atoms with E-state index in [2.05, 4.69) is 4.98 Å². The number of nitrogens with zero attached hydrogens (tertiary/aromatic N) is 2. The van der Waals surface area contributed by atoms with Crippen molar-refractivity contribution in [2.75, 3.05) is 6.54 Å². The molecule has 1 aliphatic rings. The van der Waals surface area contributed by atoms with Crippen LogP contribution in [0.25, 0.3) is 10.9 Å². The van der Waals surface area contributed by atoms with Crippen LogP contribution in [0.5, 0.6) is 0 Å². The van der Waals surface area contributed by atoms with Crippen molar-refractivity contribution in [3.05, 3.63) is 50.3 Å². The van der Waals surface area contributed by atoms with Gasteiger partial charge >= 0.3 is 5.97 Å². The van der Waals surface area contributed by atoms with E-state index in [0.717, 1.165) is 6.07 Å². The average Bonchev–Trinajstić information content (AvgIpc) is 2.60. The molecule has 1 saturated heterocycles. The number of rotatable bonds is 3. The molecule has 1 amide bonds. The SMILES string of the molecule is CC1CCC(C(=O)O)CN1C(=O)c1cc(=O)[nH]c2ccc([N+](=O)[O-])cc12. The number of aromatic amines is 1. The highest BCUT2D eigenvalue weighted by Gasteiger charge is 2.33. The van der Waals surface area contributed by atoms with Crippen LogP contribution >= 0.6 is 0 Å². The summed E-state index contributed by atoms with van der Waals surface area (Å²) in [7, 11) is 0. The predicted molar refractivity (Wildman–Crippen MR) is 92.1 cm³/mol. The van der Waals surface area contributed by atoms with Crippen LogP contribution in [0.15, 0.2) is 29.1 Å². The van der Waals surface area contributed by atoms with Gasteiger partial charge in [-0.05, 0) is 25.8 Å². The molecule has 136 valence electrons. The highest BCUT2D eigenvalue weighted by atomic mass is 16.6. The maximum absolute atomic E-state index is 13.0. The minimum atomic E-state index is -0.971. The van der Waals surface area contributed by atoms with Crippen molar-refractivity contribution in [2.24, 2.45) is 5.92 Å². The molecule has 2 unspecified atom stereocenters. The van der Waals surface area contributed by atoms with Gasteiger partial charge in [-0.2, -0.15) is 0 Å². The van der Waals surface area contributed by atoms with E-state index in [1.165, 1.54) is 23.1 Å². The number of carbonyl (C=O) groups is 2. The van der Waals surface area contributed by atoms with Gasteiger partial charge in [-0.25, -0.2) is 0 Å². The summed E-state index contributed by atoms with van der Waals surface area (Å²) < 4.78 is 0. The third-order valence-electron chi connectivity index (χ3n) is 4.76. The Bertz CT molecular complexity index is 967. The Balaban J connectivity index is 2.09. The molecule has 0 radical (unpaired) electrons. The summed E-state index contributed by atoms with van der Waals surface area (Å²) in [6, 6.07) is 4.78. The number of carboxylic acids is 1. The molecule has 9 nitrogen and oxygen atoms in total. The largest absolute Gasteiger partial charge is 0.481 e. The summed E-state index contributed by atoms with van der Waals surface area (Å²) in [6.45, 7) is 1.85. The highest BCUT2D eigenvalue weighted by Crippen LogP contribution is 2.27. The Morgan fingerprint density at radius 3 is 2.69 bits per heavy atom. The van der Waals surface area contributed by atoms with Crippen molar-refractivity contribution in [1.82, 2.24) is 9.88 Å². The van der Waals surface area contributed by atoms with Gasteiger partial charge in [0, 0.05) is 41.7 Å². The van der Waals surface area contributed by atoms with Crippen LogP contribution in [0.2, 0.25) is 0 Å². The molecule has 2 atom stereocenters. The molecule has 0 bridgehead atoms. The number of fused-ring (bicyclic) bond motifs is 1. The smallest absolute Gasteiger partial charge is 0.308 e. The zero-order chi connectivity index (χ0) is 19.0. The fourth-order valence-electron chi connectivity index (χ4n) is 3.28. The van der Waals surface area contributed by atoms with Crippen LogP contribution in [-0.4, -0.2) is 44.4 Å². The van der Waals surface area contributed by atoms with E-state index >= 15 is 0 Å². The monoisotopic (exact) mass is 359 g/mol. The molecular weight excluding hydrogens is 342 g/mol. The normalized spacial score (nSPS) is 20.1. The Hall–Kier alpha value is -3.23. The van der Waals surface area contributed by atoms with Gasteiger partial charge in [0.25, 0.3) is 11.6 Å². The molecule has 1 aliphatic heterocycles. The second kappa shape index (κ2) is 6.58. The van der Waals surface area contributed by atoms with Crippen LogP contribution in [0, 0.1) is 16.0 Å². The van der Waals surface area contributed by atoms with Crippen molar-refractivity contribution in [1.29, 1.82) is 0 Å². The van der Waals surface area contributed by atoms with Gasteiger partial charge in [-0.15, -0.1) is 0 Å². The van der Waals surface area contributed by atoms with Gasteiger partial charge in [0.1, 0.15) is 0 Å². The molecule has 0 spiro atoms. The number of nitro benzene ring substituents is 1. The molecule has 0 aliphatic carbocycles. The van der Waals surface area contributed by atoms with Gasteiger partial charge in [0.15, 0.2) is 0 Å². The summed E-state index contributed by atoms with van der Waals surface area (Å²) in [6.07, 6.45) is 1.01. The number of aliphatic carboxylic acids is 1. The number of aromatic nitrogens is 1. The van der Waals surface area contributed by atoms with Crippen molar-refractivity contribution < 1.29 is 19.6 Å². The number of benzene rings is 1. The number of amides is 1. The number of pyridine rings is 1. The van der Waals surface area contributed by atoms with Crippen LogP contribution in [0.1, 0.15) is 30.1 Å². The van der Waals surface area contributed by atoms with E-state index in [9.17, 15) is 29.6 Å². The lowest BCUT2D eigenvalue weighted by molar-refractivity contribution is -0.384.